The molecule has 1 aromatic carbocycles. The summed E-state index contributed by atoms with van der Waals surface area (Å²) < 4.78 is 7.11. The summed E-state index contributed by atoms with van der Waals surface area (Å²) in [7, 11) is 1.68. The Bertz CT molecular complexity index is 578. The number of ether oxygens (including phenoxy) is 1. The number of aromatic nitrogens is 2. The van der Waals surface area contributed by atoms with Crippen LogP contribution in [0, 0.1) is 6.92 Å². The van der Waals surface area contributed by atoms with E-state index in [0.29, 0.717) is 0 Å². The normalized spacial score (nSPS) is 10.9. The number of benzene rings is 1. The molecule has 4 nitrogen and oxygen atoms in total. The minimum atomic E-state index is 0.740. The lowest BCUT2D eigenvalue weighted by molar-refractivity contribution is 0.414. The van der Waals surface area contributed by atoms with E-state index in [1.807, 2.05) is 23.7 Å². The molecule has 2 aromatic rings. The first-order chi connectivity index (χ1) is 10.2. The summed E-state index contributed by atoms with van der Waals surface area (Å²) in [6.45, 7) is 6.49. The molecular formula is C16H22ClN3O. The molecule has 2 rings (SSSR count). The molecule has 0 aliphatic rings. The summed E-state index contributed by atoms with van der Waals surface area (Å²) in [4.78, 5) is 0. The van der Waals surface area contributed by atoms with Gasteiger partial charge in [0.15, 0.2) is 0 Å². The number of hydrogen-bond donors (Lipinski definition) is 1. The number of halogens is 1. The largest absolute Gasteiger partial charge is 0.497 e. The lowest BCUT2D eigenvalue weighted by Crippen LogP contribution is -2.19. The molecule has 1 heterocycles. The van der Waals surface area contributed by atoms with E-state index in [-0.39, 0.29) is 0 Å². The minimum absolute atomic E-state index is 0.740. The average molecular weight is 308 g/mol. The van der Waals surface area contributed by atoms with Gasteiger partial charge in [-0.2, -0.15) is 5.10 Å². The van der Waals surface area contributed by atoms with Crippen LogP contribution in [0.5, 0.6) is 5.75 Å². The zero-order valence-electron chi connectivity index (χ0n) is 12.8. The van der Waals surface area contributed by atoms with Gasteiger partial charge in [-0.15, -0.1) is 0 Å². The molecule has 0 aliphatic carbocycles. The lowest BCUT2D eigenvalue weighted by atomic mass is 10.1. The Hall–Kier alpha value is -1.52. The molecule has 1 N–H and O–H groups in total. The van der Waals surface area contributed by atoms with Crippen molar-refractivity contribution in [3.05, 3.63) is 46.2 Å². The summed E-state index contributed by atoms with van der Waals surface area (Å²) >= 11 is 6.28. The molecule has 0 unspecified atom stereocenters. The van der Waals surface area contributed by atoms with E-state index in [1.54, 1.807) is 7.11 Å². The van der Waals surface area contributed by atoms with Gasteiger partial charge >= 0.3 is 0 Å². The third-order valence-electron chi connectivity index (χ3n) is 3.49. The molecule has 21 heavy (non-hydrogen) atoms. The second-order valence-electron chi connectivity index (χ2n) is 4.94. The molecule has 0 saturated heterocycles. The van der Waals surface area contributed by atoms with Crippen LogP contribution in [0.4, 0.5) is 0 Å². The van der Waals surface area contributed by atoms with Gasteiger partial charge in [-0.25, -0.2) is 0 Å². The second-order valence-corrected chi connectivity index (χ2v) is 5.31. The van der Waals surface area contributed by atoms with Gasteiger partial charge in [-0.05, 0) is 44.5 Å². The van der Waals surface area contributed by atoms with Crippen LogP contribution in [0.1, 0.15) is 23.9 Å². The zero-order valence-corrected chi connectivity index (χ0v) is 13.6. The van der Waals surface area contributed by atoms with Gasteiger partial charge in [-0.1, -0.05) is 23.7 Å². The quantitative estimate of drug-likeness (QED) is 0.798. The molecule has 5 heteroatoms. The fourth-order valence-electron chi connectivity index (χ4n) is 2.27. The van der Waals surface area contributed by atoms with Crippen LogP contribution >= 0.6 is 11.6 Å². The van der Waals surface area contributed by atoms with Gasteiger partial charge in [0.1, 0.15) is 5.75 Å². The van der Waals surface area contributed by atoms with E-state index in [2.05, 4.69) is 29.5 Å². The maximum atomic E-state index is 6.28. The van der Waals surface area contributed by atoms with Crippen LogP contribution in [0.2, 0.25) is 5.02 Å². The van der Waals surface area contributed by atoms with Gasteiger partial charge in [0.2, 0.25) is 0 Å². The fraction of sp³-hybridized carbons (Fsp3) is 0.438. The van der Waals surface area contributed by atoms with Crippen LogP contribution in [-0.4, -0.2) is 23.4 Å². The maximum Gasteiger partial charge on any atom is 0.118 e. The second kappa shape index (κ2) is 7.48. The van der Waals surface area contributed by atoms with Crippen molar-refractivity contribution in [2.75, 3.05) is 13.7 Å². The van der Waals surface area contributed by atoms with Crippen molar-refractivity contribution >= 4 is 11.6 Å². The average Bonchev–Trinajstić information content (AvgIpc) is 2.79. The standard InChI is InChI=1S/C16H22ClN3O/c1-4-20-15(16(17)12(2)19-20)11-18-10-9-13-5-7-14(21-3)8-6-13/h5-8,18H,4,9-11H2,1-3H3. The number of methoxy groups -OCH3 is 1. The van der Waals surface area contributed by atoms with E-state index in [9.17, 15) is 0 Å². The van der Waals surface area contributed by atoms with E-state index >= 15 is 0 Å². The Morgan fingerprint density at radius 2 is 2.00 bits per heavy atom. The highest BCUT2D eigenvalue weighted by molar-refractivity contribution is 6.31. The van der Waals surface area contributed by atoms with Crippen molar-refractivity contribution in [2.24, 2.45) is 0 Å². The molecule has 0 aliphatic heterocycles. The molecule has 114 valence electrons. The van der Waals surface area contributed by atoms with Crippen LogP contribution < -0.4 is 10.1 Å². The Kier molecular flexibility index (Phi) is 5.65. The molecule has 0 bridgehead atoms. The highest BCUT2D eigenvalue weighted by atomic mass is 35.5. The van der Waals surface area contributed by atoms with Gasteiger partial charge < -0.3 is 10.1 Å². The molecule has 0 spiro atoms. The van der Waals surface area contributed by atoms with Gasteiger partial charge in [0, 0.05) is 13.1 Å². The number of hydrogen-bond acceptors (Lipinski definition) is 3. The molecule has 0 saturated carbocycles. The maximum absolute atomic E-state index is 6.28. The summed E-state index contributed by atoms with van der Waals surface area (Å²) in [5.41, 5.74) is 3.24. The minimum Gasteiger partial charge on any atom is -0.497 e. The highest BCUT2D eigenvalue weighted by Crippen LogP contribution is 2.20. The van der Waals surface area contributed by atoms with Gasteiger partial charge in [-0.3, -0.25) is 4.68 Å². The predicted molar refractivity (Wildman–Crippen MR) is 86.1 cm³/mol. The third-order valence-corrected chi connectivity index (χ3v) is 3.99. The number of nitrogens with one attached hydrogen (secondary N) is 1. The molecular weight excluding hydrogens is 286 g/mol. The van der Waals surface area contributed by atoms with Crippen LogP contribution in [0.3, 0.4) is 0 Å². The number of rotatable bonds is 7. The fourth-order valence-corrected chi connectivity index (χ4v) is 2.47. The van der Waals surface area contributed by atoms with Crippen LogP contribution in [0.15, 0.2) is 24.3 Å². The van der Waals surface area contributed by atoms with Crippen molar-refractivity contribution < 1.29 is 4.74 Å². The summed E-state index contributed by atoms with van der Waals surface area (Å²) in [6, 6.07) is 8.16. The SMILES string of the molecule is CCn1nc(C)c(Cl)c1CNCCc1ccc(OC)cc1. The number of aryl methyl sites for hydroxylation is 2. The van der Waals surface area contributed by atoms with Crippen LogP contribution in [0.25, 0.3) is 0 Å². The summed E-state index contributed by atoms with van der Waals surface area (Å²) in [5, 5.41) is 8.62. The van der Waals surface area contributed by atoms with Crippen molar-refractivity contribution in [3.8, 4) is 5.75 Å². The van der Waals surface area contributed by atoms with Crippen LogP contribution in [-0.2, 0) is 19.5 Å². The summed E-state index contributed by atoms with van der Waals surface area (Å²) in [5.74, 6) is 0.890. The zero-order chi connectivity index (χ0) is 15.2. The monoisotopic (exact) mass is 307 g/mol. The van der Waals surface area contributed by atoms with Crippen molar-refractivity contribution in [1.29, 1.82) is 0 Å². The van der Waals surface area contributed by atoms with Crippen molar-refractivity contribution in [3.63, 3.8) is 0 Å². The Balaban J connectivity index is 1.84. The predicted octanol–water partition coefficient (Wildman–Crippen LogP) is 3.21. The first kappa shape index (κ1) is 15.9. The van der Waals surface area contributed by atoms with Gasteiger partial charge in [0.05, 0.1) is 23.5 Å². The number of nitrogens with zero attached hydrogens (tertiary/aromatic N) is 2. The molecule has 0 fully saturated rings. The van der Waals surface area contributed by atoms with E-state index in [4.69, 9.17) is 16.3 Å². The smallest absolute Gasteiger partial charge is 0.118 e. The Morgan fingerprint density at radius 1 is 1.29 bits per heavy atom. The van der Waals surface area contributed by atoms with E-state index in [1.165, 1.54) is 5.56 Å². The third kappa shape index (κ3) is 3.99. The summed E-state index contributed by atoms with van der Waals surface area (Å²) in [6.07, 6.45) is 0.973. The Morgan fingerprint density at radius 3 is 2.62 bits per heavy atom. The first-order valence-corrected chi connectivity index (χ1v) is 7.59. The lowest BCUT2D eigenvalue weighted by Gasteiger charge is -2.08. The Labute approximate surface area is 131 Å². The van der Waals surface area contributed by atoms with Gasteiger partial charge in [0.25, 0.3) is 0 Å². The van der Waals surface area contributed by atoms with E-state index < -0.39 is 0 Å². The molecule has 0 atom stereocenters. The highest BCUT2D eigenvalue weighted by Gasteiger charge is 2.11. The molecule has 0 amide bonds. The van der Waals surface area contributed by atoms with E-state index in [0.717, 1.165) is 48.2 Å². The molecule has 1 aromatic heterocycles. The molecule has 0 radical (unpaired) electrons. The van der Waals surface area contributed by atoms with Crippen molar-refractivity contribution in [1.82, 2.24) is 15.1 Å². The van der Waals surface area contributed by atoms with Crippen molar-refractivity contribution in [2.45, 2.75) is 33.4 Å². The topological polar surface area (TPSA) is 39.1 Å². The first-order valence-electron chi connectivity index (χ1n) is 7.21.